The van der Waals surface area contributed by atoms with Crippen molar-refractivity contribution in [1.82, 2.24) is 5.32 Å². The monoisotopic (exact) mass is 343 g/mol. The van der Waals surface area contributed by atoms with Gasteiger partial charge in [-0.2, -0.15) is 10.2 Å². The van der Waals surface area contributed by atoms with E-state index in [1.165, 1.54) is 7.11 Å². The molecule has 0 aliphatic carbocycles. The number of benzene rings is 1. The van der Waals surface area contributed by atoms with Gasteiger partial charge in [0.15, 0.2) is 5.66 Å². The van der Waals surface area contributed by atoms with Crippen LogP contribution in [0.25, 0.3) is 0 Å². The summed E-state index contributed by atoms with van der Waals surface area (Å²) in [6, 6.07) is 6.36. The number of para-hydroxylation sites is 1. The van der Waals surface area contributed by atoms with Gasteiger partial charge in [0, 0.05) is 31.2 Å². The predicted octanol–water partition coefficient (Wildman–Crippen LogP) is 2.68. The van der Waals surface area contributed by atoms with Crippen LogP contribution in [0.2, 0.25) is 0 Å². The second-order valence-electron chi connectivity index (χ2n) is 5.85. The van der Waals surface area contributed by atoms with E-state index in [0.29, 0.717) is 30.6 Å². The minimum atomic E-state index is -1.01. The maximum Gasteiger partial charge on any atom is 0.305 e. The van der Waals surface area contributed by atoms with Crippen LogP contribution in [0.3, 0.4) is 0 Å². The Hall–Kier alpha value is -2.88. The van der Waals surface area contributed by atoms with E-state index in [2.05, 4.69) is 21.5 Å². The highest BCUT2D eigenvalue weighted by Gasteiger charge is 2.39. The molecule has 2 N–H and O–H groups in total. The molecule has 2 rings (SSSR count). The van der Waals surface area contributed by atoms with Crippen molar-refractivity contribution in [3.8, 4) is 18.1 Å². The van der Waals surface area contributed by atoms with Crippen molar-refractivity contribution in [3.63, 3.8) is 0 Å². The number of methoxy groups -OCH3 is 1. The smallest absolute Gasteiger partial charge is 0.305 e. The molecule has 0 radical (unpaired) electrons. The van der Waals surface area contributed by atoms with Crippen LogP contribution < -0.4 is 10.1 Å². The fourth-order valence-corrected chi connectivity index (χ4v) is 2.62. The number of carbonyl (C=O) groups excluding carboxylic acids is 1. The molecule has 0 saturated heterocycles. The van der Waals surface area contributed by atoms with Crippen molar-refractivity contribution in [1.29, 1.82) is 0 Å². The van der Waals surface area contributed by atoms with Gasteiger partial charge in [0.05, 0.1) is 19.6 Å². The van der Waals surface area contributed by atoms with Crippen LogP contribution >= 0.6 is 0 Å². The largest absolute Gasteiger partial charge is 0.496 e. The van der Waals surface area contributed by atoms with Gasteiger partial charge in [-0.15, -0.1) is 12.3 Å². The average Bonchev–Trinajstić information content (AvgIpc) is 3.37. The first-order valence-electron chi connectivity index (χ1n) is 8.01. The van der Waals surface area contributed by atoms with Gasteiger partial charge < -0.3 is 15.2 Å². The van der Waals surface area contributed by atoms with Gasteiger partial charge in [0.2, 0.25) is 5.91 Å². The highest BCUT2D eigenvalue weighted by molar-refractivity contribution is 5.78. The van der Waals surface area contributed by atoms with E-state index in [9.17, 15) is 9.59 Å². The zero-order chi connectivity index (χ0) is 18.3. The summed E-state index contributed by atoms with van der Waals surface area (Å²) in [4.78, 5) is 23.5. The Morgan fingerprint density at radius 2 is 2.08 bits per heavy atom. The average molecular weight is 343 g/mol. The molecule has 1 heterocycles. The Morgan fingerprint density at radius 1 is 1.36 bits per heavy atom. The summed E-state index contributed by atoms with van der Waals surface area (Å²) in [7, 11) is 1.50. The number of carboxylic acid groups (broad SMARTS) is 1. The number of carboxylic acids is 1. The van der Waals surface area contributed by atoms with Gasteiger partial charge in [-0.1, -0.05) is 18.2 Å². The number of nitrogens with zero attached hydrogens (tertiary/aromatic N) is 2. The number of aliphatic carboxylic acids is 1. The number of ether oxygens (including phenoxy) is 1. The number of nitrogens with one attached hydrogen (secondary N) is 1. The van der Waals surface area contributed by atoms with Crippen LogP contribution in [0.15, 0.2) is 34.5 Å². The Morgan fingerprint density at radius 3 is 2.68 bits per heavy atom. The quantitative estimate of drug-likeness (QED) is 0.638. The lowest BCUT2D eigenvalue weighted by Crippen LogP contribution is -2.31. The zero-order valence-electron chi connectivity index (χ0n) is 14.1. The van der Waals surface area contributed by atoms with Gasteiger partial charge in [-0.3, -0.25) is 9.59 Å². The summed E-state index contributed by atoms with van der Waals surface area (Å²) in [5.74, 6) is 1.81. The number of hydrogen-bond acceptors (Lipinski definition) is 5. The summed E-state index contributed by atoms with van der Waals surface area (Å²) in [5, 5.41) is 19.9. The first-order valence-corrected chi connectivity index (χ1v) is 8.01. The lowest BCUT2D eigenvalue weighted by molar-refractivity contribution is -0.137. The normalized spacial score (nSPS) is 15.0. The van der Waals surface area contributed by atoms with Gasteiger partial charge in [0.25, 0.3) is 0 Å². The number of hydrogen-bond donors (Lipinski definition) is 2. The molecule has 0 aromatic heterocycles. The number of amides is 1. The second kappa shape index (κ2) is 8.29. The summed E-state index contributed by atoms with van der Waals surface area (Å²) in [5.41, 5.74) is 0.0970. The maximum absolute atomic E-state index is 12.3. The van der Waals surface area contributed by atoms with Gasteiger partial charge in [0.1, 0.15) is 5.75 Å². The minimum absolute atomic E-state index is 0.197. The standard InChI is InChI=1S/C18H21N3O4/c1-3-4-10-18(20-21-18)11-9-16(22)19-14(12-17(23)24)13-7-5-6-8-15(13)25-2/h1,5-8,14H,4,9-12H2,2H3,(H,19,22)(H,23,24). The van der Waals surface area contributed by atoms with E-state index >= 15 is 0 Å². The van der Waals surface area contributed by atoms with Crippen LogP contribution in [-0.4, -0.2) is 29.8 Å². The highest BCUT2D eigenvalue weighted by atomic mass is 16.5. The van der Waals surface area contributed by atoms with Crippen molar-refractivity contribution in [3.05, 3.63) is 29.8 Å². The van der Waals surface area contributed by atoms with Crippen LogP contribution in [0.1, 0.15) is 43.7 Å². The molecule has 0 bridgehead atoms. The molecule has 1 unspecified atom stereocenters. The number of terminal acetylenes is 1. The molecule has 25 heavy (non-hydrogen) atoms. The summed E-state index contributed by atoms with van der Waals surface area (Å²) in [6.45, 7) is 0. The van der Waals surface area contributed by atoms with Crippen molar-refractivity contribution in [2.24, 2.45) is 10.2 Å². The molecule has 0 spiro atoms. The minimum Gasteiger partial charge on any atom is -0.496 e. The van der Waals surface area contributed by atoms with E-state index in [1.54, 1.807) is 24.3 Å². The summed E-state index contributed by atoms with van der Waals surface area (Å²) < 4.78 is 5.26. The number of carbonyl (C=O) groups is 2. The summed E-state index contributed by atoms with van der Waals surface area (Å²) >= 11 is 0. The molecule has 1 amide bonds. The zero-order valence-corrected chi connectivity index (χ0v) is 14.1. The van der Waals surface area contributed by atoms with Gasteiger partial charge in [-0.05, 0) is 6.07 Å². The molecule has 1 aromatic carbocycles. The second-order valence-corrected chi connectivity index (χ2v) is 5.85. The third-order valence-corrected chi connectivity index (χ3v) is 4.03. The fraction of sp³-hybridized carbons (Fsp3) is 0.444. The Labute approximate surface area is 146 Å². The molecular weight excluding hydrogens is 322 g/mol. The van der Waals surface area contributed by atoms with Crippen LogP contribution in [0, 0.1) is 12.3 Å². The third kappa shape index (κ3) is 5.31. The molecule has 1 atom stereocenters. The SMILES string of the molecule is C#CCCC1(CCC(=O)NC(CC(=O)O)c2ccccc2OC)N=N1. The first kappa shape index (κ1) is 18.5. The van der Waals surface area contributed by atoms with E-state index < -0.39 is 17.7 Å². The lowest BCUT2D eigenvalue weighted by Gasteiger charge is -2.20. The molecule has 132 valence electrons. The third-order valence-electron chi connectivity index (χ3n) is 4.03. The van der Waals surface area contributed by atoms with E-state index in [1.807, 2.05) is 0 Å². The van der Waals surface area contributed by atoms with Crippen molar-refractivity contribution < 1.29 is 19.4 Å². The Bertz CT molecular complexity index is 703. The van der Waals surface area contributed by atoms with Crippen LogP contribution in [-0.2, 0) is 9.59 Å². The van der Waals surface area contributed by atoms with Crippen LogP contribution in [0.5, 0.6) is 5.75 Å². The number of rotatable bonds is 10. The maximum atomic E-state index is 12.3. The summed E-state index contributed by atoms with van der Waals surface area (Å²) in [6.07, 6.45) is 6.85. The predicted molar refractivity (Wildman–Crippen MR) is 91.0 cm³/mol. The highest BCUT2D eigenvalue weighted by Crippen LogP contribution is 2.37. The molecule has 7 nitrogen and oxygen atoms in total. The van der Waals surface area contributed by atoms with E-state index in [4.69, 9.17) is 16.3 Å². The Balaban J connectivity index is 1.98. The molecule has 1 aliphatic rings. The molecule has 0 fully saturated rings. The lowest BCUT2D eigenvalue weighted by atomic mass is 10.00. The molecule has 0 saturated carbocycles. The van der Waals surface area contributed by atoms with E-state index in [0.717, 1.165) is 0 Å². The Kier molecular flexibility index (Phi) is 6.12. The fourth-order valence-electron chi connectivity index (χ4n) is 2.62. The topological polar surface area (TPSA) is 100 Å². The van der Waals surface area contributed by atoms with Gasteiger partial charge in [-0.25, -0.2) is 0 Å². The van der Waals surface area contributed by atoms with E-state index in [-0.39, 0.29) is 18.7 Å². The van der Waals surface area contributed by atoms with Crippen molar-refractivity contribution in [2.45, 2.75) is 43.8 Å². The molecule has 1 aromatic rings. The van der Waals surface area contributed by atoms with Crippen molar-refractivity contribution >= 4 is 11.9 Å². The molecule has 7 heteroatoms. The molecule has 1 aliphatic heterocycles. The van der Waals surface area contributed by atoms with Gasteiger partial charge >= 0.3 is 5.97 Å². The first-order chi connectivity index (χ1) is 12.0. The van der Waals surface area contributed by atoms with Crippen LogP contribution in [0.4, 0.5) is 0 Å². The van der Waals surface area contributed by atoms with Crippen molar-refractivity contribution in [2.75, 3.05) is 7.11 Å². The molecular formula is C18H21N3O4.